The lowest BCUT2D eigenvalue weighted by atomic mass is 10.4. The summed E-state index contributed by atoms with van der Waals surface area (Å²) in [6.07, 6.45) is 0. The van der Waals surface area contributed by atoms with E-state index in [9.17, 15) is 8.42 Å². The van der Waals surface area contributed by atoms with Crippen molar-refractivity contribution < 1.29 is 9.79 Å². The Kier molecular flexibility index (Phi) is 2.24. The minimum absolute atomic E-state index is 0.217. The molecule has 76 valence electrons. The maximum absolute atomic E-state index is 12.1. The van der Waals surface area contributed by atoms with E-state index < -0.39 is 9.84 Å². The Morgan fingerprint density at radius 1 is 0.800 bits per heavy atom. The van der Waals surface area contributed by atoms with Crippen molar-refractivity contribution in [2.75, 3.05) is 0 Å². The first-order valence-corrected chi connectivity index (χ1v) is 5.96. The van der Waals surface area contributed by atoms with E-state index in [0.717, 1.165) is 0 Å². The van der Waals surface area contributed by atoms with E-state index in [0.29, 0.717) is 6.04 Å². The van der Waals surface area contributed by atoms with Gasteiger partial charge in [0.1, 0.15) is 0 Å². The van der Waals surface area contributed by atoms with Gasteiger partial charge in [-0.2, -0.15) is 0 Å². The molecule has 15 heavy (non-hydrogen) atoms. The van der Waals surface area contributed by atoms with Crippen LogP contribution in [0, 0.1) is 0 Å². The minimum atomic E-state index is -3.44. The molecule has 0 aliphatic carbocycles. The van der Waals surface area contributed by atoms with Crippen LogP contribution in [0.5, 0.6) is 0 Å². The fraction of sp³-hybridized carbons (Fsp3) is 0. The van der Waals surface area contributed by atoms with Crippen molar-refractivity contribution in [3.05, 3.63) is 60.6 Å². The Morgan fingerprint density at radius 2 is 1.27 bits per heavy atom. The Bertz CT molecular complexity index is 574. The Hall–Kier alpha value is -1.61. The van der Waals surface area contributed by atoms with Gasteiger partial charge in [0.2, 0.25) is 9.84 Å². The predicted octanol–water partition coefficient (Wildman–Crippen LogP) is 2.52. The van der Waals surface area contributed by atoms with Gasteiger partial charge < -0.3 is 0 Å². The molecule has 0 atom stereocenters. The van der Waals surface area contributed by atoms with E-state index in [-0.39, 0.29) is 9.79 Å². The van der Waals surface area contributed by atoms with Crippen LogP contribution in [-0.4, -0.2) is 8.42 Å². The predicted molar refractivity (Wildman–Crippen MR) is 58.3 cm³/mol. The van der Waals surface area contributed by atoms with Gasteiger partial charge in [-0.25, -0.2) is 8.42 Å². The highest BCUT2D eigenvalue weighted by molar-refractivity contribution is 7.91. The van der Waals surface area contributed by atoms with Crippen molar-refractivity contribution in [3.8, 4) is 0 Å². The van der Waals surface area contributed by atoms with Crippen molar-refractivity contribution in [1.29, 1.82) is 0 Å². The fourth-order valence-corrected chi connectivity index (χ4v) is 2.57. The smallest absolute Gasteiger partial charge is 0.206 e. The molecule has 0 fully saturated rings. The first-order chi connectivity index (χ1) is 7.60. The van der Waals surface area contributed by atoms with Crippen LogP contribution in [0.15, 0.2) is 70.4 Å². The van der Waals surface area contributed by atoms with Gasteiger partial charge in [0, 0.05) is 0 Å². The first-order valence-electron chi connectivity index (χ1n) is 4.97. The van der Waals surface area contributed by atoms with Crippen LogP contribution in [0.3, 0.4) is 0 Å². The third-order valence-corrected chi connectivity index (χ3v) is 3.84. The molecule has 0 unspecified atom stereocenters. The summed E-state index contributed by atoms with van der Waals surface area (Å²) in [6.45, 7) is 0. The van der Waals surface area contributed by atoms with Crippen LogP contribution in [0.4, 0.5) is 0 Å². The lowest BCUT2D eigenvalue weighted by Gasteiger charge is -2.03. The van der Waals surface area contributed by atoms with E-state index >= 15 is 0 Å². The molecule has 0 radical (unpaired) electrons. The second-order valence-electron chi connectivity index (χ2n) is 3.05. The van der Waals surface area contributed by atoms with Crippen LogP contribution in [0.25, 0.3) is 0 Å². The summed E-state index contributed by atoms with van der Waals surface area (Å²) in [4.78, 5) is 0.488. The standard InChI is InChI=1S/C12H10O2S/c13-15(14,11-7-3-1-4-8-11)12-9-5-2-6-10-12/h1-10H/i1D. The monoisotopic (exact) mass is 219 g/mol. The number of hydrogen-bond acceptors (Lipinski definition) is 2. The van der Waals surface area contributed by atoms with Crippen LogP contribution in [-0.2, 0) is 9.84 Å². The number of hydrogen-bond donors (Lipinski definition) is 0. The van der Waals surface area contributed by atoms with Crippen molar-refractivity contribution in [1.82, 2.24) is 0 Å². The maximum atomic E-state index is 12.1. The summed E-state index contributed by atoms with van der Waals surface area (Å²) in [5, 5.41) is 0. The molecular weight excluding hydrogens is 208 g/mol. The lowest BCUT2D eigenvalue weighted by molar-refractivity contribution is 0.596. The zero-order chi connectivity index (χ0) is 11.6. The molecule has 0 amide bonds. The third kappa shape index (κ3) is 1.92. The summed E-state index contributed by atoms with van der Waals surface area (Å²) in [7, 11) is -3.44. The van der Waals surface area contributed by atoms with E-state index in [4.69, 9.17) is 1.37 Å². The highest BCUT2D eigenvalue weighted by atomic mass is 32.2. The highest BCUT2D eigenvalue weighted by Gasteiger charge is 2.15. The third-order valence-electron chi connectivity index (χ3n) is 2.05. The number of benzene rings is 2. The summed E-state index contributed by atoms with van der Waals surface area (Å²) in [6, 6.07) is 14.4. The van der Waals surface area contributed by atoms with Crippen molar-refractivity contribution in [2.24, 2.45) is 0 Å². The molecule has 2 aromatic carbocycles. The second-order valence-corrected chi connectivity index (χ2v) is 5.00. The first kappa shape index (κ1) is 8.68. The molecule has 0 saturated heterocycles. The number of sulfone groups is 1. The van der Waals surface area contributed by atoms with Gasteiger partial charge in [-0.1, -0.05) is 36.4 Å². The zero-order valence-corrected chi connectivity index (χ0v) is 8.74. The zero-order valence-electron chi connectivity index (χ0n) is 8.92. The van der Waals surface area contributed by atoms with Gasteiger partial charge in [-0.05, 0) is 24.3 Å². The normalized spacial score (nSPS) is 12.1. The summed E-state index contributed by atoms with van der Waals surface area (Å²) >= 11 is 0. The minimum Gasteiger partial charge on any atom is -0.219 e. The lowest BCUT2D eigenvalue weighted by Crippen LogP contribution is -2.00. The van der Waals surface area contributed by atoms with E-state index in [1.165, 1.54) is 24.3 Å². The van der Waals surface area contributed by atoms with E-state index in [1.54, 1.807) is 30.3 Å². The summed E-state index contributed by atoms with van der Waals surface area (Å²) < 4.78 is 31.5. The topological polar surface area (TPSA) is 34.1 Å². The fourth-order valence-electron chi connectivity index (χ4n) is 1.29. The van der Waals surface area contributed by atoms with Crippen LogP contribution in [0.1, 0.15) is 1.37 Å². The second kappa shape index (κ2) is 3.87. The van der Waals surface area contributed by atoms with Crippen LogP contribution < -0.4 is 0 Å². The molecule has 0 heterocycles. The Balaban J connectivity index is 2.52. The van der Waals surface area contributed by atoms with Gasteiger partial charge in [0.05, 0.1) is 11.2 Å². The quantitative estimate of drug-likeness (QED) is 0.777. The maximum Gasteiger partial charge on any atom is 0.206 e. The Labute approximate surface area is 90.5 Å². The molecule has 3 heteroatoms. The summed E-state index contributed by atoms with van der Waals surface area (Å²) in [5.74, 6) is 0. The largest absolute Gasteiger partial charge is 0.219 e. The molecule has 0 aliphatic heterocycles. The molecule has 0 saturated carbocycles. The van der Waals surface area contributed by atoms with Crippen molar-refractivity contribution in [3.63, 3.8) is 0 Å². The van der Waals surface area contributed by atoms with Crippen molar-refractivity contribution >= 4 is 9.84 Å². The van der Waals surface area contributed by atoms with E-state index in [1.807, 2.05) is 0 Å². The summed E-state index contributed by atoms with van der Waals surface area (Å²) in [5.41, 5.74) is 0. The molecule has 0 N–H and O–H groups in total. The molecular formula is C12H10O2S. The molecule has 2 aromatic rings. The van der Waals surface area contributed by atoms with Gasteiger partial charge in [0.15, 0.2) is 0 Å². The van der Waals surface area contributed by atoms with Gasteiger partial charge >= 0.3 is 0 Å². The average molecular weight is 219 g/mol. The molecule has 2 nitrogen and oxygen atoms in total. The SMILES string of the molecule is [2H]c1ccc(S(=O)(=O)c2ccccc2)cc1. The van der Waals surface area contributed by atoms with Gasteiger partial charge in [-0.15, -0.1) is 0 Å². The van der Waals surface area contributed by atoms with Crippen molar-refractivity contribution in [2.45, 2.75) is 9.79 Å². The molecule has 0 spiro atoms. The molecule has 0 bridgehead atoms. The van der Waals surface area contributed by atoms with Gasteiger partial charge in [-0.3, -0.25) is 0 Å². The van der Waals surface area contributed by atoms with E-state index in [2.05, 4.69) is 0 Å². The highest BCUT2D eigenvalue weighted by Crippen LogP contribution is 2.19. The molecule has 2 rings (SSSR count). The van der Waals surface area contributed by atoms with Gasteiger partial charge in [0.25, 0.3) is 0 Å². The Morgan fingerprint density at radius 3 is 1.80 bits per heavy atom. The number of rotatable bonds is 2. The molecule has 0 aromatic heterocycles. The average Bonchev–Trinajstić information content (AvgIpc) is 2.31. The molecule has 0 aliphatic rings. The van der Waals surface area contributed by atoms with Crippen LogP contribution >= 0.6 is 0 Å². The van der Waals surface area contributed by atoms with Crippen LogP contribution in [0.2, 0.25) is 0 Å².